The maximum Gasteiger partial charge on any atom is 0.251 e. The summed E-state index contributed by atoms with van der Waals surface area (Å²) in [5.74, 6) is 0.797. The molecule has 0 aromatic heterocycles. The minimum atomic E-state index is -0.246. The van der Waals surface area contributed by atoms with Crippen LogP contribution in [0.1, 0.15) is 42.1 Å². The highest BCUT2D eigenvalue weighted by molar-refractivity contribution is 14.0. The summed E-state index contributed by atoms with van der Waals surface area (Å²) in [6.45, 7) is 6.40. The van der Waals surface area contributed by atoms with Crippen molar-refractivity contribution in [2.45, 2.75) is 32.7 Å². The van der Waals surface area contributed by atoms with E-state index in [1.807, 2.05) is 50.2 Å². The predicted molar refractivity (Wildman–Crippen MR) is 136 cm³/mol. The zero-order valence-electron chi connectivity index (χ0n) is 18.9. The summed E-state index contributed by atoms with van der Waals surface area (Å²) in [6.07, 6.45) is 2.45. The molecule has 0 bridgehead atoms. The molecule has 1 aliphatic heterocycles. The van der Waals surface area contributed by atoms with Gasteiger partial charge in [0, 0.05) is 44.7 Å². The van der Waals surface area contributed by atoms with Crippen molar-refractivity contribution < 1.29 is 9.59 Å². The first-order chi connectivity index (χ1) is 14.4. The van der Waals surface area contributed by atoms with Crippen LogP contribution in [0.3, 0.4) is 0 Å². The maximum absolute atomic E-state index is 12.4. The maximum atomic E-state index is 12.4. The van der Waals surface area contributed by atoms with E-state index in [4.69, 9.17) is 10.7 Å². The normalized spacial score (nSPS) is 16.6. The molecule has 1 atom stereocenters. The highest BCUT2D eigenvalue weighted by Gasteiger charge is 2.23. The number of halogens is 1. The minimum absolute atomic E-state index is 0. The van der Waals surface area contributed by atoms with Gasteiger partial charge in [0.25, 0.3) is 5.91 Å². The Bertz CT molecular complexity index is 740. The lowest BCUT2D eigenvalue weighted by molar-refractivity contribution is -0.119. The van der Waals surface area contributed by atoms with Gasteiger partial charge in [0.15, 0.2) is 5.96 Å². The zero-order valence-corrected chi connectivity index (χ0v) is 21.2. The predicted octanol–water partition coefficient (Wildman–Crippen LogP) is 1.65. The quantitative estimate of drug-likeness (QED) is 0.249. The molecular formula is C22H37IN6O2. The molecule has 1 saturated heterocycles. The summed E-state index contributed by atoms with van der Waals surface area (Å²) in [4.78, 5) is 32.7. The third kappa shape index (κ3) is 9.86. The van der Waals surface area contributed by atoms with Crippen LogP contribution in [0.5, 0.6) is 0 Å². The third-order valence-electron chi connectivity index (χ3n) is 5.09. The SMILES string of the molecule is CCNC(=NCc1cccc(C(=O)NCCN(C)C)c1)N1CCCC(CC(N)=O)C1.I. The number of carbonyl (C=O) groups is 2. The molecule has 1 fully saturated rings. The largest absolute Gasteiger partial charge is 0.370 e. The Morgan fingerprint density at radius 3 is 2.74 bits per heavy atom. The number of nitrogens with one attached hydrogen (secondary N) is 2. The Labute approximate surface area is 203 Å². The van der Waals surface area contributed by atoms with Gasteiger partial charge in [-0.15, -0.1) is 24.0 Å². The van der Waals surface area contributed by atoms with E-state index in [1.165, 1.54) is 0 Å². The fourth-order valence-electron chi connectivity index (χ4n) is 3.61. The summed E-state index contributed by atoms with van der Waals surface area (Å²) >= 11 is 0. The Balaban J connectivity index is 0.00000480. The van der Waals surface area contributed by atoms with Gasteiger partial charge >= 0.3 is 0 Å². The average Bonchev–Trinajstić information content (AvgIpc) is 2.70. The van der Waals surface area contributed by atoms with Crippen LogP contribution in [0.15, 0.2) is 29.3 Å². The lowest BCUT2D eigenvalue weighted by atomic mass is 9.95. The van der Waals surface area contributed by atoms with Crippen LogP contribution in [-0.4, -0.2) is 74.4 Å². The molecule has 1 aromatic rings. The van der Waals surface area contributed by atoms with E-state index in [9.17, 15) is 9.59 Å². The van der Waals surface area contributed by atoms with Crippen molar-refractivity contribution in [3.05, 3.63) is 35.4 Å². The number of rotatable bonds is 9. The van der Waals surface area contributed by atoms with E-state index >= 15 is 0 Å². The summed E-state index contributed by atoms with van der Waals surface area (Å²) in [7, 11) is 3.95. The minimum Gasteiger partial charge on any atom is -0.370 e. The van der Waals surface area contributed by atoms with Crippen LogP contribution in [0, 0.1) is 5.92 Å². The molecule has 2 amide bonds. The van der Waals surface area contributed by atoms with Gasteiger partial charge in [-0.1, -0.05) is 12.1 Å². The Hall–Kier alpha value is -1.88. The number of piperidine rings is 1. The van der Waals surface area contributed by atoms with Gasteiger partial charge in [-0.2, -0.15) is 0 Å². The molecule has 31 heavy (non-hydrogen) atoms. The lowest BCUT2D eigenvalue weighted by Gasteiger charge is -2.34. The Kier molecular flexibility index (Phi) is 12.5. The number of primary amides is 1. The number of carbonyl (C=O) groups excluding carboxylic acids is 2. The van der Waals surface area contributed by atoms with E-state index in [-0.39, 0.29) is 41.7 Å². The van der Waals surface area contributed by atoms with Crippen molar-refractivity contribution >= 4 is 41.8 Å². The van der Waals surface area contributed by atoms with Crippen LogP contribution in [0.4, 0.5) is 0 Å². The smallest absolute Gasteiger partial charge is 0.251 e. The van der Waals surface area contributed by atoms with E-state index in [0.717, 1.165) is 50.5 Å². The molecule has 1 aromatic carbocycles. The summed E-state index contributed by atoms with van der Waals surface area (Å²) < 4.78 is 0. The van der Waals surface area contributed by atoms with Crippen LogP contribution >= 0.6 is 24.0 Å². The highest BCUT2D eigenvalue weighted by atomic mass is 127. The number of amides is 2. The Morgan fingerprint density at radius 1 is 1.29 bits per heavy atom. The molecule has 0 aliphatic carbocycles. The second kappa shape index (κ2) is 14.2. The van der Waals surface area contributed by atoms with Crippen LogP contribution in [0.2, 0.25) is 0 Å². The number of guanidine groups is 1. The van der Waals surface area contributed by atoms with E-state index in [2.05, 4.69) is 15.5 Å². The number of hydrogen-bond acceptors (Lipinski definition) is 4. The second-order valence-electron chi connectivity index (χ2n) is 8.05. The second-order valence-corrected chi connectivity index (χ2v) is 8.05. The van der Waals surface area contributed by atoms with Crippen molar-refractivity contribution in [2.24, 2.45) is 16.6 Å². The number of aliphatic imine (C=N–C) groups is 1. The van der Waals surface area contributed by atoms with Gasteiger partial charge < -0.3 is 26.2 Å². The number of nitrogens with two attached hydrogens (primary N) is 1. The third-order valence-corrected chi connectivity index (χ3v) is 5.09. The van der Waals surface area contributed by atoms with Crippen molar-refractivity contribution in [2.75, 3.05) is 46.8 Å². The molecule has 0 radical (unpaired) electrons. The topological polar surface area (TPSA) is 103 Å². The fraction of sp³-hybridized carbons (Fsp3) is 0.591. The van der Waals surface area contributed by atoms with Crippen molar-refractivity contribution in [3.63, 3.8) is 0 Å². The van der Waals surface area contributed by atoms with E-state index < -0.39 is 0 Å². The number of nitrogens with zero attached hydrogens (tertiary/aromatic N) is 3. The number of hydrogen-bond donors (Lipinski definition) is 3. The first-order valence-electron chi connectivity index (χ1n) is 10.7. The lowest BCUT2D eigenvalue weighted by Crippen LogP contribution is -2.47. The standard InChI is InChI=1S/C22H36N6O2.HI/c1-4-24-22(28-11-6-8-18(16-28)14-20(23)29)26-15-17-7-5-9-19(13-17)21(30)25-10-12-27(2)3;/h5,7,9,13,18H,4,6,8,10-12,14-16H2,1-3H3,(H2,23,29)(H,24,26)(H,25,30);1H. The number of likely N-dealkylation sites (N-methyl/N-ethyl adjacent to an activating group) is 1. The van der Waals surface area contributed by atoms with Crippen molar-refractivity contribution in [1.29, 1.82) is 0 Å². The Morgan fingerprint density at radius 2 is 2.06 bits per heavy atom. The van der Waals surface area contributed by atoms with Gasteiger partial charge in [0.2, 0.25) is 5.91 Å². The molecule has 9 heteroatoms. The van der Waals surface area contributed by atoms with Crippen molar-refractivity contribution in [3.8, 4) is 0 Å². The van der Waals surface area contributed by atoms with Gasteiger partial charge in [-0.05, 0) is 57.5 Å². The monoisotopic (exact) mass is 544 g/mol. The van der Waals surface area contributed by atoms with Crippen LogP contribution < -0.4 is 16.4 Å². The van der Waals surface area contributed by atoms with Gasteiger partial charge in [0.1, 0.15) is 0 Å². The van der Waals surface area contributed by atoms with Crippen molar-refractivity contribution in [1.82, 2.24) is 20.4 Å². The molecule has 1 heterocycles. The number of benzene rings is 1. The van der Waals surface area contributed by atoms with E-state index in [1.54, 1.807) is 0 Å². The van der Waals surface area contributed by atoms with E-state index in [0.29, 0.717) is 25.1 Å². The highest BCUT2D eigenvalue weighted by Crippen LogP contribution is 2.19. The molecule has 1 unspecified atom stereocenters. The first kappa shape index (κ1) is 27.2. The molecule has 4 N–H and O–H groups in total. The molecule has 1 aliphatic rings. The fourth-order valence-corrected chi connectivity index (χ4v) is 3.61. The average molecular weight is 544 g/mol. The number of likely N-dealkylation sites (tertiary alicyclic amines) is 1. The van der Waals surface area contributed by atoms with Crippen LogP contribution in [0.25, 0.3) is 0 Å². The van der Waals surface area contributed by atoms with Gasteiger partial charge in [0.05, 0.1) is 6.54 Å². The summed E-state index contributed by atoms with van der Waals surface area (Å²) in [5.41, 5.74) is 7.01. The van der Waals surface area contributed by atoms with Gasteiger partial charge in [-0.3, -0.25) is 9.59 Å². The molecule has 0 saturated carbocycles. The molecule has 2 rings (SSSR count). The molecule has 0 spiro atoms. The van der Waals surface area contributed by atoms with Gasteiger partial charge in [-0.25, -0.2) is 4.99 Å². The zero-order chi connectivity index (χ0) is 21.9. The molecule has 174 valence electrons. The summed E-state index contributed by atoms with van der Waals surface area (Å²) in [6, 6.07) is 7.59. The van der Waals surface area contributed by atoms with Crippen LogP contribution in [-0.2, 0) is 11.3 Å². The molecule has 8 nitrogen and oxygen atoms in total. The first-order valence-corrected chi connectivity index (χ1v) is 10.7. The molecular weight excluding hydrogens is 507 g/mol. The summed E-state index contributed by atoms with van der Waals surface area (Å²) in [5, 5.41) is 6.29.